The zero-order valence-corrected chi connectivity index (χ0v) is 11.8. The standard InChI is InChI=1S/C15H14OTe/c1-2-12-3-7-14(8-4-12)17-15-9-5-13(11-16)6-10-15/h2-10,16H,1,11H2. The summed E-state index contributed by atoms with van der Waals surface area (Å²) in [5.74, 6) is 0. The molecular formula is C15H14OTe. The average molecular weight is 338 g/mol. The van der Waals surface area contributed by atoms with E-state index in [1.807, 2.05) is 18.2 Å². The summed E-state index contributed by atoms with van der Waals surface area (Å²) in [5, 5.41) is 8.98. The van der Waals surface area contributed by atoms with E-state index >= 15 is 0 Å². The first kappa shape index (κ1) is 12.4. The van der Waals surface area contributed by atoms with E-state index in [-0.39, 0.29) is 27.5 Å². The maximum absolute atomic E-state index is 8.98. The fourth-order valence-electron chi connectivity index (χ4n) is 1.47. The molecule has 0 aliphatic rings. The van der Waals surface area contributed by atoms with Gasteiger partial charge in [0.1, 0.15) is 0 Å². The van der Waals surface area contributed by atoms with Crippen LogP contribution < -0.4 is 7.22 Å². The summed E-state index contributed by atoms with van der Waals surface area (Å²) >= 11 is -0.313. The van der Waals surface area contributed by atoms with Gasteiger partial charge in [-0.2, -0.15) is 0 Å². The molecule has 1 nitrogen and oxygen atoms in total. The minimum atomic E-state index is -0.313. The van der Waals surface area contributed by atoms with Crippen LogP contribution in [0.1, 0.15) is 11.1 Å². The van der Waals surface area contributed by atoms with Crippen LogP contribution in [0.4, 0.5) is 0 Å². The van der Waals surface area contributed by atoms with Gasteiger partial charge in [-0.05, 0) is 0 Å². The zero-order valence-electron chi connectivity index (χ0n) is 9.47. The summed E-state index contributed by atoms with van der Waals surface area (Å²) in [4.78, 5) is 0. The van der Waals surface area contributed by atoms with Crippen molar-refractivity contribution in [3.05, 3.63) is 66.2 Å². The van der Waals surface area contributed by atoms with Gasteiger partial charge in [-0.15, -0.1) is 0 Å². The third-order valence-corrected chi connectivity index (χ3v) is 5.36. The van der Waals surface area contributed by atoms with Crippen molar-refractivity contribution in [1.82, 2.24) is 0 Å². The van der Waals surface area contributed by atoms with Gasteiger partial charge in [-0.25, -0.2) is 0 Å². The molecule has 0 heterocycles. The van der Waals surface area contributed by atoms with Gasteiger partial charge in [0.15, 0.2) is 0 Å². The number of hydrogen-bond acceptors (Lipinski definition) is 1. The third-order valence-electron chi connectivity index (χ3n) is 2.46. The summed E-state index contributed by atoms with van der Waals surface area (Å²) in [7, 11) is 0. The predicted molar refractivity (Wildman–Crippen MR) is 73.9 cm³/mol. The molecule has 0 aliphatic heterocycles. The molecule has 0 saturated carbocycles. The molecule has 2 rings (SSSR count). The summed E-state index contributed by atoms with van der Waals surface area (Å²) < 4.78 is 2.80. The van der Waals surface area contributed by atoms with Gasteiger partial charge in [0, 0.05) is 0 Å². The molecule has 0 fully saturated rings. The molecule has 0 spiro atoms. The number of aliphatic hydroxyl groups excluding tert-OH is 1. The Morgan fingerprint density at radius 3 is 1.94 bits per heavy atom. The van der Waals surface area contributed by atoms with E-state index in [0.717, 1.165) is 11.1 Å². The van der Waals surface area contributed by atoms with Gasteiger partial charge in [-0.3, -0.25) is 0 Å². The molecule has 0 aromatic heterocycles. The zero-order chi connectivity index (χ0) is 12.1. The average Bonchev–Trinajstić information content (AvgIpc) is 2.40. The molecule has 2 aromatic rings. The Bertz CT molecular complexity index is 485. The van der Waals surface area contributed by atoms with Crippen molar-refractivity contribution >= 4 is 34.2 Å². The van der Waals surface area contributed by atoms with Crippen LogP contribution in [0.2, 0.25) is 0 Å². The van der Waals surface area contributed by atoms with Gasteiger partial charge < -0.3 is 0 Å². The van der Waals surface area contributed by atoms with E-state index in [2.05, 4.69) is 43.0 Å². The van der Waals surface area contributed by atoms with Crippen LogP contribution in [-0.4, -0.2) is 26.0 Å². The Labute approximate surface area is 112 Å². The number of rotatable bonds is 4. The minimum absolute atomic E-state index is 0.120. The first-order valence-electron chi connectivity index (χ1n) is 5.42. The van der Waals surface area contributed by atoms with Crippen molar-refractivity contribution in [3.8, 4) is 0 Å². The summed E-state index contributed by atoms with van der Waals surface area (Å²) in [5.41, 5.74) is 2.14. The molecule has 0 amide bonds. The monoisotopic (exact) mass is 340 g/mol. The van der Waals surface area contributed by atoms with E-state index < -0.39 is 0 Å². The molecule has 0 unspecified atom stereocenters. The van der Waals surface area contributed by atoms with Crippen LogP contribution in [0.15, 0.2) is 55.1 Å². The van der Waals surface area contributed by atoms with Crippen LogP contribution >= 0.6 is 0 Å². The first-order chi connectivity index (χ1) is 8.31. The molecule has 0 bridgehead atoms. The van der Waals surface area contributed by atoms with Gasteiger partial charge in [0.25, 0.3) is 0 Å². The van der Waals surface area contributed by atoms with Crippen LogP contribution in [0.5, 0.6) is 0 Å². The van der Waals surface area contributed by atoms with Crippen molar-refractivity contribution in [3.63, 3.8) is 0 Å². The number of hydrogen-bond donors (Lipinski definition) is 1. The molecule has 2 aromatic carbocycles. The summed E-state index contributed by atoms with van der Waals surface area (Å²) in [6.07, 6.45) is 1.86. The number of aliphatic hydroxyl groups is 1. The quantitative estimate of drug-likeness (QED) is 0.838. The fraction of sp³-hybridized carbons (Fsp3) is 0.0667. The molecule has 0 saturated heterocycles. The summed E-state index contributed by atoms with van der Waals surface area (Å²) in [6.45, 7) is 3.87. The predicted octanol–water partition coefficient (Wildman–Crippen LogP) is 1.48. The van der Waals surface area contributed by atoms with Crippen LogP contribution in [0.25, 0.3) is 6.08 Å². The second kappa shape index (κ2) is 6.02. The molecule has 86 valence electrons. The van der Waals surface area contributed by atoms with E-state index in [4.69, 9.17) is 5.11 Å². The van der Waals surface area contributed by atoms with Gasteiger partial charge in [-0.1, -0.05) is 0 Å². The molecule has 0 atom stereocenters. The number of benzene rings is 2. The first-order valence-corrected chi connectivity index (χ1v) is 7.75. The Kier molecular flexibility index (Phi) is 4.39. The van der Waals surface area contributed by atoms with Crippen molar-refractivity contribution in [2.24, 2.45) is 0 Å². The van der Waals surface area contributed by atoms with Gasteiger partial charge in [0.05, 0.1) is 0 Å². The molecule has 0 radical (unpaired) electrons. The molecule has 17 heavy (non-hydrogen) atoms. The second-order valence-corrected chi connectivity index (χ2v) is 6.95. The van der Waals surface area contributed by atoms with Gasteiger partial charge in [0.2, 0.25) is 0 Å². The molecule has 2 heteroatoms. The third kappa shape index (κ3) is 3.44. The van der Waals surface area contributed by atoms with Crippen molar-refractivity contribution in [2.75, 3.05) is 0 Å². The SMILES string of the molecule is C=Cc1ccc([Te]c2ccc(CO)cc2)cc1. The molecular weight excluding hydrogens is 324 g/mol. The van der Waals surface area contributed by atoms with E-state index in [1.165, 1.54) is 7.22 Å². The Morgan fingerprint density at radius 2 is 1.47 bits per heavy atom. The van der Waals surface area contributed by atoms with E-state index in [1.54, 1.807) is 0 Å². The maximum atomic E-state index is 8.98. The topological polar surface area (TPSA) is 20.2 Å². The van der Waals surface area contributed by atoms with Crippen LogP contribution in [-0.2, 0) is 6.61 Å². The van der Waals surface area contributed by atoms with Gasteiger partial charge >= 0.3 is 112 Å². The van der Waals surface area contributed by atoms with Crippen molar-refractivity contribution in [1.29, 1.82) is 0 Å². The van der Waals surface area contributed by atoms with E-state index in [0.29, 0.717) is 0 Å². The normalized spacial score (nSPS) is 10.2. The second-order valence-electron chi connectivity index (χ2n) is 3.68. The molecule has 0 aliphatic carbocycles. The Hall–Kier alpha value is -1.07. The Balaban J connectivity index is 2.10. The molecule has 1 N–H and O–H groups in total. The van der Waals surface area contributed by atoms with Crippen molar-refractivity contribution in [2.45, 2.75) is 6.61 Å². The van der Waals surface area contributed by atoms with E-state index in [9.17, 15) is 0 Å². The van der Waals surface area contributed by atoms with Crippen LogP contribution in [0.3, 0.4) is 0 Å². The summed E-state index contributed by atoms with van der Waals surface area (Å²) in [6, 6.07) is 16.8. The van der Waals surface area contributed by atoms with Crippen molar-refractivity contribution < 1.29 is 5.11 Å². The Morgan fingerprint density at radius 1 is 0.941 bits per heavy atom. The van der Waals surface area contributed by atoms with Crippen LogP contribution in [0, 0.1) is 0 Å². The fourth-order valence-corrected chi connectivity index (χ4v) is 3.80.